The van der Waals surface area contributed by atoms with Crippen LogP contribution in [-0.4, -0.2) is 28.8 Å². The number of nitrogens with zero attached hydrogens (tertiary/aromatic N) is 2. The zero-order valence-electron chi connectivity index (χ0n) is 15.8. The number of benzene rings is 2. The summed E-state index contributed by atoms with van der Waals surface area (Å²) < 4.78 is 21.9. The molecule has 1 amide bonds. The van der Waals surface area contributed by atoms with E-state index in [1.807, 2.05) is 24.3 Å². The number of fused-ring (bicyclic) bond motifs is 1. The van der Waals surface area contributed by atoms with E-state index >= 15 is 0 Å². The minimum Gasteiger partial charge on any atom is -0.457 e. The molecule has 2 heterocycles. The molecule has 0 spiro atoms. The van der Waals surface area contributed by atoms with Crippen LogP contribution in [0.4, 0.5) is 15.9 Å². The maximum atomic E-state index is 14.3. The van der Waals surface area contributed by atoms with Gasteiger partial charge in [0.2, 0.25) is 0 Å². The number of nitrogens with one attached hydrogen (secondary N) is 2. The topological polar surface area (TPSA) is 94.2 Å². The normalized spacial score (nSPS) is 12.8. The number of carbonyl (C=O) groups is 1. The number of rotatable bonds is 6. The van der Waals surface area contributed by atoms with Crippen molar-refractivity contribution in [3.05, 3.63) is 65.6 Å². The monoisotopic (exact) mass is 395 g/mol. The maximum Gasteiger partial charge on any atom is 0.258 e. The van der Waals surface area contributed by atoms with Crippen LogP contribution in [0.2, 0.25) is 0 Å². The zero-order chi connectivity index (χ0) is 20.2. The molecule has 0 saturated heterocycles. The molecule has 0 unspecified atom stereocenters. The van der Waals surface area contributed by atoms with Crippen molar-refractivity contribution in [1.29, 1.82) is 0 Å². The lowest BCUT2D eigenvalue weighted by Gasteiger charge is -2.17. The predicted molar refractivity (Wildman–Crippen MR) is 109 cm³/mol. The molecule has 29 heavy (non-hydrogen) atoms. The second-order valence-corrected chi connectivity index (χ2v) is 6.79. The number of hydrogen-bond acceptors (Lipinski definition) is 5. The molecule has 150 valence electrons. The number of hydrogen-bond donors (Lipinski definition) is 3. The van der Waals surface area contributed by atoms with Gasteiger partial charge in [0.25, 0.3) is 5.91 Å². The molecule has 2 aromatic carbocycles. The lowest BCUT2D eigenvalue weighted by molar-refractivity contribution is 0.102. The smallest absolute Gasteiger partial charge is 0.258 e. The largest absolute Gasteiger partial charge is 0.457 e. The van der Waals surface area contributed by atoms with Crippen LogP contribution >= 0.6 is 0 Å². The summed E-state index contributed by atoms with van der Waals surface area (Å²) >= 11 is 0. The Morgan fingerprint density at radius 2 is 2.03 bits per heavy atom. The standard InChI is InChI=1S/C21H22FN5O2/c22-18-7-6-16(29-15-4-2-14(3-5-15)8-9-23)12-17(18)21(28)26-19-13-25-27-11-1-10-24-20(19)27/h2-7,12-13,24H,1,8-11,23H2,(H,26,28). The van der Waals surface area contributed by atoms with Crippen LogP contribution in [0.1, 0.15) is 22.3 Å². The molecule has 8 heteroatoms. The Kier molecular flexibility index (Phi) is 5.44. The number of halogens is 1. The molecular formula is C21H22FN5O2. The van der Waals surface area contributed by atoms with Gasteiger partial charge in [-0.2, -0.15) is 5.10 Å². The van der Waals surface area contributed by atoms with E-state index in [1.54, 1.807) is 10.9 Å². The first-order valence-corrected chi connectivity index (χ1v) is 9.51. The third kappa shape index (κ3) is 4.22. The van der Waals surface area contributed by atoms with Gasteiger partial charge in [0.05, 0.1) is 11.8 Å². The molecule has 1 aliphatic heterocycles. The van der Waals surface area contributed by atoms with E-state index in [9.17, 15) is 9.18 Å². The van der Waals surface area contributed by atoms with E-state index in [0.29, 0.717) is 23.7 Å². The number of aromatic nitrogens is 2. The highest BCUT2D eigenvalue weighted by Gasteiger charge is 2.19. The van der Waals surface area contributed by atoms with Crippen LogP contribution in [0.5, 0.6) is 11.5 Å². The molecule has 3 aromatic rings. The fourth-order valence-electron chi connectivity index (χ4n) is 3.23. The summed E-state index contributed by atoms with van der Waals surface area (Å²) in [6.07, 6.45) is 3.31. The molecule has 4 N–H and O–H groups in total. The molecule has 0 bridgehead atoms. The molecular weight excluding hydrogens is 373 g/mol. The summed E-state index contributed by atoms with van der Waals surface area (Å²) in [5, 5.41) is 10.2. The van der Waals surface area contributed by atoms with Gasteiger partial charge in [-0.1, -0.05) is 12.1 Å². The minimum atomic E-state index is -0.623. The van der Waals surface area contributed by atoms with Crippen LogP contribution < -0.4 is 21.1 Å². The number of nitrogens with two attached hydrogens (primary N) is 1. The quantitative estimate of drug-likeness (QED) is 0.595. The van der Waals surface area contributed by atoms with Crippen molar-refractivity contribution >= 4 is 17.4 Å². The van der Waals surface area contributed by atoms with Crippen LogP contribution in [0.3, 0.4) is 0 Å². The van der Waals surface area contributed by atoms with Gasteiger partial charge in [0.15, 0.2) is 0 Å². The van der Waals surface area contributed by atoms with Crippen LogP contribution in [0, 0.1) is 5.82 Å². The number of carbonyl (C=O) groups excluding carboxylic acids is 1. The first-order valence-electron chi connectivity index (χ1n) is 9.51. The Morgan fingerprint density at radius 1 is 1.24 bits per heavy atom. The van der Waals surface area contributed by atoms with Gasteiger partial charge in [-0.05, 0) is 55.3 Å². The van der Waals surface area contributed by atoms with Crippen molar-refractivity contribution < 1.29 is 13.9 Å². The molecule has 0 fully saturated rings. The summed E-state index contributed by atoms with van der Waals surface area (Å²) in [6.45, 7) is 2.16. The second kappa shape index (κ2) is 8.32. The summed E-state index contributed by atoms with van der Waals surface area (Å²) in [6, 6.07) is 11.6. The average molecular weight is 395 g/mol. The zero-order valence-corrected chi connectivity index (χ0v) is 15.8. The lowest BCUT2D eigenvalue weighted by Crippen LogP contribution is -2.20. The average Bonchev–Trinajstić information content (AvgIpc) is 3.14. The SMILES string of the molecule is NCCc1ccc(Oc2ccc(F)c(C(=O)Nc3cnn4c3NCCC4)c2)cc1. The Balaban J connectivity index is 1.50. The fourth-order valence-corrected chi connectivity index (χ4v) is 3.23. The van der Waals surface area contributed by atoms with E-state index < -0.39 is 11.7 Å². The number of ether oxygens (including phenoxy) is 1. The van der Waals surface area contributed by atoms with E-state index in [4.69, 9.17) is 10.5 Å². The third-order valence-electron chi connectivity index (χ3n) is 4.70. The summed E-state index contributed by atoms with van der Waals surface area (Å²) in [5.41, 5.74) is 7.09. The maximum absolute atomic E-state index is 14.3. The molecule has 0 aliphatic carbocycles. The van der Waals surface area contributed by atoms with Gasteiger partial charge in [0, 0.05) is 13.1 Å². The number of amides is 1. The van der Waals surface area contributed by atoms with Crippen LogP contribution in [0.25, 0.3) is 0 Å². The van der Waals surface area contributed by atoms with Gasteiger partial charge < -0.3 is 21.1 Å². The van der Waals surface area contributed by atoms with Crippen molar-refractivity contribution in [1.82, 2.24) is 9.78 Å². The third-order valence-corrected chi connectivity index (χ3v) is 4.70. The first kappa shape index (κ1) is 18.9. The van der Waals surface area contributed by atoms with Crippen LogP contribution in [0.15, 0.2) is 48.7 Å². The molecule has 4 rings (SSSR count). The highest BCUT2D eigenvalue weighted by Crippen LogP contribution is 2.27. The highest BCUT2D eigenvalue weighted by molar-refractivity contribution is 6.06. The van der Waals surface area contributed by atoms with E-state index in [1.165, 1.54) is 18.2 Å². The predicted octanol–water partition coefficient (Wildman–Crippen LogP) is 3.38. The van der Waals surface area contributed by atoms with Crippen molar-refractivity contribution in [2.45, 2.75) is 19.4 Å². The Hall–Kier alpha value is -3.39. The van der Waals surface area contributed by atoms with Gasteiger partial charge in [-0.25, -0.2) is 9.07 Å². The van der Waals surface area contributed by atoms with E-state index in [0.717, 1.165) is 37.3 Å². The Labute approximate surface area is 167 Å². The molecule has 0 atom stereocenters. The summed E-state index contributed by atoms with van der Waals surface area (Å²) in [7, 11) is 0. The summed E-state index contributed by atoms with van der Waals surface area (Å²) in [5.74, 6) is 0.517. The summed E-state index contributed by atoms with van der Waals surface area (Å²) in [4.78, 5) is 12.7. The first-order chi connectivity index (χ1) is 14.1. The van der Waals surface area contributed by atoms with E-state index in [2.05, 4.69) is 15.7 Å². The van der Waals surface area contributed by atoms with Gasteiger partial charge in [0.1, 0.15) is 28.8 Å². The van der Waals surface area contributed by atoms with Gasteiger partial charge in [-0.3, -0.25) is 4.79 Å². The van der Waals surface area contributed by atoms with Crippen molar-refractivity contribution in [2.24, 2.45) is 5.73 Å². The molecule has 1 aromatic heterocycles. The van der Waals surface area contributed by atoms with E-state index in [-0.39, 0.29) is 5.56 Å². The minimum absolute atomic E-state index is 0.0991. The molecule has 1 aliphatic rings. The van der Waals surface area contributed by atoms with Crippen molar-refractivity contribution in [3.63, 3.8) is 0 Å². The molecule has 0 saturated carbocycles. The fraction of sp³-hybridized carbons (Fsp3) is 0.238. The Morgan fingerprint density at radius 3 is 2.83 bits per heavy atom. The molecule has 0 radical (unpaired) electrons. The van der Waals surface area contributed by atoms with Gasteiger partial charge in [-0.15, -0.1) is 0 Å². The Bertz CT molecular complexity index is 1020. The highest BCUT2D eigenvalue weighted by atomic mass is 19.1. The van der Waals surface area contributed by atoms with Gasteiger partial charge >= 0.3 is 0 Å². The number of aryl methyl sites for hydroxylation is 1. The van der Waals surface area contributed by atoms with Crippen molar-refractivity contribution in [2.75, 3.05) is 23.7 Å². The number of anilines is 2. The second-order valence-electron chi connectivity index (χ2n) is 6.79. The lowest BCUT2D eigenvalue weighted by atomic mass is 10.1. The van der Waals surface area contributed by atoms with Crippen molar-refractivity contribution in [3.8, 4) is 11.5 Å². The molecule has 7 nitrogen and oxygen atoms in total. The van der Waals surface area contributed by atoms with Crippen LogP contribution in [-0.2, 0) is 13.0 Å².